The molecule has 0 aromatic carbocycles. The van der Waals surface area contributed by atoms with E-state index in [9.17, 15) is 0 Å². The Hall–Kier alpha value is -1.17. The van der Waals surface area contributed by atoms with Gasteiger partial charge in [0.25, 0.3) is 0 Å². The Balaban J connectivity index is 1.55. The molecule has 0 saturated carbocycles. The normalized spacial score (nSPS) is 17.5. The van der Waals surface area contributed by atoms with Gasteiger partial charge in [0.15, 0.2) is 0 Å². The molecule has 1 saturated heterocycles. The molecule has 1 fully saturated rings. The molecular weight excluding hydrogens is 318 g/mol. The summed E-state index contributed by atoms with van der Waals surface area (Å²) in [6.45, 7) is 10.9. The molecule has 4 nitrogen and oxygen atoms in total. The minimum Gasteiger partial charge on any atom is -0.394 e. The SMILES string of the molecule is CC(C)(C)c1ccc(CN2CCC(c3ccnn3CCO)CC2)s1. The summed E-state index contributed by atoms with van der Waals surface area (Å²) in [4.78, 5) is 5.52. The summed E-state index contributed by atoms with van der Waals surface area (Å²) in [5.41, 5.74) is 1.54. The molecule has 3 heterocycles. The van der Waals surface area contributed by atoms with Crippen molar-refractivity contribution in [3.8, 4) is 0 Å². The van der Waals surface area contributed by atoms with Crippen LogP contribution in [0.2, 0.25) is 0 Å². The molecule has 0 atom stereocenters. The summed E-state index contributed by atoms with van der Waals surface area (Å²) >= 11 is 1.96. The van der Waals surface area contributed by atoms with E-state index in [4.69, 9.17) is 5.11 Å². The number of hydrogen-bond acceptors (Lipinski definition) is 4. The fourth-order valence-electron chi connectivity index (χ4n) is 3.44. The summed E-state index contributed by atoms with van der Waals surface area (Å²) in [5.74, 6) is 0.573. The van der Waals surface area contributed by atoms with E-state index in [0.717, 1.165) is 19.6 Å². The summed E-state index contributed by atoms with van der Waals surface area (Å²) in [5, 5.41) is 13.5. The van der Waals surface area contributed by atoms with E-state index in [0.29, 0.717) is 12.5 Å². The van der Waals surface area contributed by atoms with E-state index in [2.05, 4.69) is 49.0 Å². The van der Waals surface area contributed by atoms with Crippen LogP contribution in [0.4, 0.5) is 0 Å². The van der Waals surface area contributed by atoms with Gasteiger partial charge in [0.2, 0.25) is 0 Å². The second-order valence-electron chi connectivity index (χ2n) is 7.77. The second-order valence-corrected chi connectivity index (χ2v) is 8.94. The van der Waals surface area contributed by atoms with Gasteiger partial charge in [-0.05, 0) is 49.5 Å². The van der Waals surface area contributed by atoms with Gasteiger partial charge in [-0.25, -0.2) is 0 Å². The molecule has 1 aliphatic heterocycles. The van der Waals surface area contributed by atoms with Crippen LogP contribution in [0.15, 0.2) is 24.4 Å². The molecule has 0 unspecified atom stereocenters. The summed E-state index contributed by atoms with van der Waals surface area (Å²) in [7, 11) is 0. The van der Waals surface area contributed by atoms with Crippen molar-refractivity contribution in [1.29, 1.82) is 0 Å². The Labute approximate surface area is 149 Å². The summed E-state index contributed by atoms with van der Waals surface area (Å²) < 4.78 is 1.97. The lowest BCUT2D eigenvalue weighted by Gasteiger charge is -2.31. The van der Waals surface area contributed by atoms with Crippen molar-refractivity contribution < 1.29 is 5.11 Å². The Bertz CT molecular complexity index is 648. The predicted octanol–water partition coefficient (Wildman–Crippen LogP) is 3.61. The Morgan fingerprint density at radius 1 is 1.21 bits per heavy atom. The first-order valence-corrected chi connectivity index (χ1v) is 9.73. The van der Waals surface area contributed by atoms with Gasteiger partial charge in [0, 0.05) is 34.1 Å². The zero-order valence-electron chi connectivity index (χ0n) is 15.0. The van der Waals surface area contributed by atoms with Gasteiger partial charge in [0.1, 0.15) is 0 Å². The monoisotopic (exact) mass is 347 g/mol. The Kier molecular flexibility index (Phi) is 5.42. The number of rotatable bonds is 5. The van der Waals surface area contributed by atoms with Gasteiger partial charge in [-0.15, -0.1) is 11.3 Å². The fourth-order valence-corrected chi connectivity index (χ4v) is 4.55. The second kappa shape index (κ2) is 7.38. The van der Waals surface area contributed by atoms with Crippen LogP contribution in [0.5, 0.6) is 0 Å². The van der Waals surface area contributed by atoms with Gasteiger partial charge in [-0.1, -0.05) is 20.8 Å². The summed E-state index contributed by atoms with van der Waals surface area (Å²) in [6.07, 6.45) is 4.21. The molecule has 0 spiro atoms. The predicted molar refractivity (Wildman–Crippen MR) is 99.6 cm³/mol. The molecule has 2 aromatic rings. The van der Waals surface area contributed by atoms with E-state index >= 15 is 0 Å². The largest absolute Gasteiger partial charge is 0.394 e. The molecule has 5 heteroatoms. The number of likely N-dealkylation sites (tertiary alicyclic amines) is 1. The highest BCUT2D eigenvalue weighted by atomic mass is 32.1. The fraction of sp³-hybridized carbons (Fsp3) is 0.632. The molecule has 132 valence electrons. The Morgan fingerprint density at radius 2 is 1.96 bits per heavy atom. The minimum absolute atomic E-state index is 0.155. The zero-order chi connectivity index (χ0) is 17.2. The molecule has 2 aromatic heterocycles. The Morgan fingerprint density at radius 3 is 2.58 bits per heavy atom. The van der Waals surface area contributed by atoms with Crippen LogP contribution in [0.1, 0.15) is 55.0 Å². The molecule has 0 amide bonds. The maximum atomic E-state index is 9.16. The van der Waals surface area contributed by atoms with Crippen molar-refractivity contribution in [3.05, 3.63) is 39.8 Å². The van der Waals surface area contributed by atoms with Crippen LogP contribution >= 0.6 is 11.3 Å². The quantitative estimate of drug-likeness (QED) is 0.898. The van der Waals surface area contributed by atoms with Gasteiger partial charge < -0.3 is 5.11 Å². The number of piperidine rings is 1. The van der Waals surface area contributed by atoms with E-state index in [1.54, 1.807) is 0 Å². The lowest BCUT2D eigenvalue weighted by Crippen LogP contribution is -2.33. The molecule has 0 aliphatic carbocycles. The molecule has 0 bridgehead atoms. The van der Waals surface area contributed by atoms with Crippen molar-refractivity contribution >= 4 is 11.3 Å². The first-order valence-electron chi connectivity index (χ1n) is 8.91. The van der Waals surface area contributed by atoms with Gasteiger partial charge in [0.05, 0.1) is 13.2 Å². The van der Waals surface area contributed by atoms with Crippen LogP contribution < -0.4 is 0 Å². The van der Waals surface area contributed by atoms with E-state index < -0.39 is 0 Å². The van der Waals surface area contributed by atoms with E-state index in [1.807, 2.05) is 22.2 Å². The van der Waals surface area contributed by atoms with E-state index in [-0.39, 0.29) is 12.0 Å². The number of aromatic nitrogens is 2. The van der Waals surface area contributed by atoms with Crippen molar-refractivity contribution in [2.45, 2.75) is 58.0 Å². The number of nitrogens with zero attached hydrogens (tertiary/aromatic N) is 3. The average Bonchev–Trinajstić information content (AvgIpc) is 3.18. The van der Waals surface area contributed by atoms with Gasteiger partial charge in [-0.3, -0.25) is 9.58 Å². The van der Waals surface area contributed by atoms with Crippen LogP contribution in [0.3, 0.4) is 0 Å². The molecule has 24 heavy (non-hydrogen) atoms. The number of aliphatic hydroxyl groups excluding tert-OH is 1. The molecule has 1 aliphatic rings. The maximum Gasteiger partial charge on any atom is 0.0644 e. The van der Waals surface area contributed by atoms with E-state index in [1.165, 1.54) is 28.3 Å². The van der Waals surface area contributed by atoms with Crippen molar-refractivity contribution in [3.63, 3.8) is 0 Å². The zero-order valence-corrected chi connectivity index (χ0v) is 15.9. The maximum absolute atomic E-state index is 9.16. The molecule has 0 radical (unpaired) electrons. The lowest BCUT2D eigenvalue weighted by atomic mass is 9.93. The number of aliphatic hydroxyl groups is 1. The number of hydrogen-bond donors (Lipinski definition) is 1. The third kappa shape index (κ3) is 4.08. The van der Waals surface area contributed by atoms with Crippen LogP contribution in [-0.2, 0) is 18.5 Å². The van der Waals surface area contributed by atoms with Crippen molar-refractivity contribution in [2.24, 2.45) is 0 Å². The highest BCUT2D eigenvalue weighted by molar-refractivity contribution is 7.12. The molecular formula is C19H29N3OS. The average molecular weight is 348 g/mol. The van der Waals surface area contributed by atoms with Gasteiger partial charge in [-0.2, -0.15) is 5.10 Å². The first kappa shape index (κ1) is 17.6. The highest BCUT2D eigenvalue weighted by Crippen LogP contribution is 2.32. The standard InChI is InChI=1S/C19H29N3OS/c1-19(2,3)18-5-4-16(24-18)14-21-10-7-15(8-11-21)17-6-9-20-22(17)12-13-23/h4-6,9,15,23H,7-8,10-14H2,1-3H3. The molecule has 3 rings (SSSR count). The highest BCUT2D eigenvalue weighted by Gasteiger charge is 2.24. The van der Waals surface area contributed by atoms with Crippen molar-refractivity contribution in [2.75, 3.05) is 19.7 Å². The molecule has 1 N–H and O–H groups in total. The smallest absolute Gasteiger partial charge is 0.0644 e. The van der Waals surface area contributed by atoms with Crippen molar-refractivity contribution in [1.82, 2.24) is 14.7 Å². The minimum atomic E-state index is 0.155. The summed E-state index contributed by atoms with van der Waals surface area (Å²) in [6, 6.07) is 6.71. The number of thiophene rings is 1. The third-order valence-corrected chi connectivity index (χ3v) is 6.34. The van der Waals surface area contributed by atoms with Gasteiger partial charge >= 0.3 is 0 Å². The van der Waals surface area contributed by atoms with Crippen LogP contribution in [0.25, 0.3) is 0 Å². The van der Waals surface area contributed by atoms with Crippen LogP contribution in [0, 0.1) is 0 Å². The third-order valence-electron chi connectivity index (χ3n) is 4.85. The first-order chi connectivity index (χ1) is 11.5. The topological polar surface area (TPSA) is 41.3 Å². The lowest BCUT2D eigenvalue weighted by molar-refractivity contribution is 0.200. The van der Waals surface area contributed by atoms with Crippen LogP contribution in [-0.4, -0.2) is 39.5 Å².